The van der Waals surface area contributed by atoms with Gasteiger partial charge in [0.15, 0.2) is 0 Å². The molecule has 0 saturated carbocycles. The molecule has 8 heteroatoms. The van der Waals surface area contributed by atoms with E-state index in [0.717, 1.165) is 13.1 Å². The molecule has 0 radical (unpaired) electrons. The average molecular weight is 282 g/mol. The van der Waals surface area contributed by atoms with Gasteiger partial charge in [-0.15, -0.1) is 0 Å². The van der Waals surface area contributed by atoms with Gasteiger partial charge < -0.3 is 15.3 Å². The third-order valence-corrected chi connectivity index (χ3v) is 2.50. The minimum Gasteiger partial charge on any atom is -0.475 e. The summed E-state index contributed by atoms with van der Waals surface area (Å²) in [4.78, 5) is 22.1. The highest BCUT2D eigenvalue weighted by atomic mass is 19.4. The molecule has 1 heterocycles. The number of halogens is 3. The number of amides is 1. The van der Waals surface area contributed by atoms with E-state index < -0.39 is 12.1 Å². The summed E-state index contributed by atoms with van der Waals surface area (Å²) in [5.74, 6) is -2.72. The molecule has 5 nitrogen and oxygen atoms in total. The number of carbonyl (C=O) groups is 2. The lowest BCUT2D eigenvalue weighted by Gasteiger charge is -2.38. The Morgan fingerprint density at radius 2 is 1.68 bits per heavy atom. The summed E-state index contributed by atoms with van der Waals surface area (Å²) in [7, 11) is 0. The number of piperazine rings is 1. The van der Waals surface area contributed by atoms with Crippen molar-refractivity contribution in [1.82, 2.24) is 10.2 Å². The molecule has 1 aliphatic rings. The van der Waals surface area contributed by atoms with Crippen molar-refractivity contribution in [3.63, 3.8) is 0 Å². The number of alkyl halides is 3. The van der Waals surface area contributed by atoms with Crippen LogP contribution in [-0.4, -0.2) is 53.2 Å². The predicted molar refractivity (Wildman–Crippen MR) is 62.5 cm³/mol. The van der Waals surface area contributed by atoms with Gasteiger partial charge >= 0.3 is 12.1 Å². The summed E-state index contributed by atoms with van der Waals surface area (Å²) in [6.45, 7) is 9.34. The molecule has 2 unspecified atom stereocenters. The van der Waals surface area contributed by atoms with Crippen LogP contribution in [0.2, 0.25) is 0 Å². The van der Waals surface area contributed by atoms with Crippen LogP contribution in [0, 0.1) is 0 Å². The third kappa shape index (κ3) is 5.73. The Hall–Kier alpha value is -1.57. The summed E-state index contributed by atoms with van der Waals surface area (Å²) in [6, 6.07) is 0.554. The quantitative estimate of drug-likeness (QED) is 0.704. The van der Waals surface area contributed by atoms with Crippen molar-refractivity contribution in [2.24, 2.45) is 0 Å². The number of rotatable bonds is 1. The molecule has 110 valence electrons. The van der Waals surface area contributed by atoms with E-state index in [0.29, 0.717) is 0 Å². The highest BCUT2D eigenvalue weighted by Crippen LogP contribution is 2.13. The van der Waals surface area contributed by atoms with Crippen LogP contribution in [0.5, 0.6) is 0 Å². The molecule has 0 aromatic rings. The lowest BCUT2D eigenvalue weighted by Crippen LogP contribution is -2.56. The van der Waals surface area contributed by atoms with Crippen molar-refractivity contribution < 1.29 is 27.9 Å². The fourth-order valence-corrected chi connectivity index (χ4v) is 1.67. The van der Waals surface area contributed by atoms with E-state index in [1.165, 1.54) is 6.08 Å². The fourth-order valence-electron chi connectivity index (χ4n) is 1.67. The number of aliphatic carboxylic acids is 1. The summed E-state index contributed by atoms with van der Waals surface area (Å²) >= 11 is 0. The van der Waals surface area contributed by atoms with Gasteiger partial charge in [0.25, 0.3) is 0 Å². The van der Waals surface area contributed by atoms with Crippen LogP contribution in [0.15, 0.2) is 12.7 Å². The maximum atomic E-state index is 11.4. The first-order valence-electron chi connectivity index (χ1n) is 5.56. The van der Waals surface area contributed by atoms with Gasteiger partial charge in [0.2, 0.25) is 5.91 Å². The van der Waals surface area contributed by atoms with Crippen LogP contribution in [0.4, 0.5) is 13.2 Å². The minimum atomic E-state index is -5.08. The standard InChI is InChI=1S/C9H16N2O.C2HF3O2/c1-4-9(12)11-7(2)5-10-6-8(11)3;3-2(4,5)1(6)7/h4,7-8,10H,1,5-6H2,2-3H3;(H,6,7). The number of carboxylic acid groups (broad SMARTS) is 1. The van der Waals surface area contributed by atoms with Crippen LogP contribution >= 0.6 is 0 Å². The molecule has 0 aromatic heterocycles. The van der Waals surface area contributed by atoms with E-state index in [1.807, 2.05) is 18.7 Å². The summed E-state index contributed by atoms with van der Waals surface area (Å²) in [6.07, 6.45) is -3.70. The Morgan fingerprint density at radius 3 is 1.95 bits per heavy atom. The highest BCUT2D eigenvalue weighted by molar-refractivity contribution is 5.87. The Kier molecular flexibility index (Phi) is 6.54. The molecule has 1 amide bonds. The normalized spacial score (nSPS) is 23.1. The Balaban J connectivity index is 0.000000399. The van der Waals surface area contributed by atoms with E-state index in [-0.39, 0.29) is 18.0 Å². The van der Waals surface area contributed by atoms with Gasteiger partial charge in [0.05, 0.1) is 0 Å². The van der Waals surface area contributed by atoms with Gasteiger partial charge in [-0.05, 0) is 19.9 Å². The van der Waals surface area contributed by atoms with Crippen LogP contribution in [0.25, 0.3) is 0 Å². The molecule has 0 bridgehead atoms. The molecule has 1 aliphatic heterocycles. The van der Waals surface area contributed by atoms with Crippen molar-refractivity contribution in [1.29, 1.82) is 0 Å². The SMILES string of the molecule is C=CC(=O)N1C(C)CNCC1C.O=C(O)C(F)(F)F. The average Bonchev–Trinajstić information content (AvgIpc) is 2.28. The molecule has 1 saturated heterocycles. The molecule has 2 N–H and O–H groups in total. The summed E-state index contributed by atoms with van der Waals surface area (Å²) < 4.78 is 31.7. The zero-order valence-corrected chi connectivity index (χ0v) is 10.7. The van der Waals surface area contributed by atoms with Gasteiger partial charge in [-0.2, -0.15) is 13.2 Å². The van der Waals surface area contributed by atoms with Gasteiger partial charge in [0.1, 0.15) is 0 Å². The van der Waals surface area contributed by atoms with Crippen molar-refractivity contribution in [3.05, 3.63) is 12.7 Å². The van der Waals surface area contributed by atoms with E-state index in [2.05, 4.69) is 11.9 Å². The van der Waals surface area contributed by atoms with Crippen LogP contribution in [-0.2, 0) is 9.59 Å². The number of hydrogen-bond acceptors (Lipinski definition) is 3. The fraction of sp³-hybridized carbons (Fsp3) is 0.636. The number of nitrogens with one attached hydrogen (secondary N) is 1. The topological polar surface area (TPSA) is 69.6 Å². The second-order valence-electron chi connectivity index (χ2n) is 4.11. The second-order valence-corrected chi connectivity index (χ2v) is 4.11. The van der Waals surface area contributed by atoms with Crippen molar-refractivity contribution in [2.75, 3.05) is 13.1 Å². The number of nitrogens with zero attached hydrogens (tertiary/aromatic N) is 1. The lowest BCUT2D eigenvalue weighted by molar-refractivity contribution is -0.192. The summed E-state index contributed by atoms with van der Waals surface area (Å²) in [5, 5.41) is 10.4. The van der Waals surface area contributed by atoms with Crippen molar-refractivity contribution in [2.45, 2.75) is 32.1 Å². The van der Waals surface area contributed by atoms with Gasteiger partial charge in [-0.25, -0.2) is 4.79 Å². The Labute approximate surface area is 109 Å². The van der Waals surface area contributed by atoms with Crippen molar-refractivity contribution in [3.8, 4) is 0 Å². The first-order valence-corrected chi connectivity index (χ1v) is 5.56. The molecule has 2 atom stereocenters. The predicted octanol–water partition coefficient (Wildman–Crippen LogP) is 1.01. The molecular formula is C11H17F3N2O3. The maximum absolute atomic E-state index is 11.4. The van der Waals surface area contributed by atoms with Crippen LogP contribution in [0.3, 0.4) is 0 Å². The van der Waals surface area contributed by atoms with Crippen LogP contribution < -0.4 is 5.32 Å². The third-order valence-electron chi connectivity index (χ3n) is 2.50. The highest BCUT2D eigenvalue weighted by Gasteiger charge is 2.38. The van der Waals surface area contributed by atoms with Gasteiger partial charge in [0, 0.05) is 25.2 Å². The largest absolute Gasteiger partial charge is 0.490 e. The van der Waals surface area contributed by atoms with E-state index >= 15 is 0 Å². The molecule has 0 aromatic carbocycles. The molecule has 1 rings (SSSR count). The van der Waals surface area contributed by atoms with E-state index in [1.54, 1.807) is 0 Å². The van der Waals surface area contributed by atoms with E-state index in [9.17, 15) is 18.0 Å². The van der Waals surface area contributed by atoms with Crippen LogP contribution in [0.1, 0.15) is 13.8 Å². The number of carboxylic acids is 1. The monoisotopic (exact) mass is 282 g/mol. The zero-order chi connectivity index (χ0) is 15.2. The van der Waals surface area contributed by atoms with Crippen molar-refractivity contribution >= 4 is 11.9 Å². The first-order chi connectivity index (χ1) is 8.61. The maximum Gasteiger partial charge on any atom is 0.490 e. The lowest BCUT2D eigenvalue weighted by atomic mass is 10.1. The first kappa shape index (κ1) is 17.4. The molecule has 0 aliphatic carbocycles. The molecule has 19 heavy (non-hydrogen) atoms. The number of carbonyl (C=O) groups excluding carboxylic acids is 1. The Morgan fingerprint density at radius 1 is 1.32 bits per heavy atom. The zero-order valence-electron chi connectivity index (χ0n) is 10.7. The number of hydrogen-bond donors (Lipinski definition) is 2. The smallest absolute Gasteiger partial charge is 0.475 e. The van der Waals surface area contributed by atoms with Gasteiger partial charge in [-0.3, -0.25) is 4.79 Å². The molecular weight excluding hydrogens is 265 g/mol. The summed E-state index contributed by atoms with van der Waals surface area (Å²) in [5.41, 5.74) is 0. The Bertz CT molecular complexity index is 335. The molecule has 1 fully saturated rings. The van der Waals surface area contributed by atoms with Gasteiger partial charge in [-0.1, -0.05) is 6.58 Å². The molecule has 0 spiro atoms. The second kappa shape index (κ2) is 7.13. The minimum absolute atomic E-state index is 0.0384. The van der Waals surface area contributed by atoms with E-state index in [4.69, 9.17) is 9.90 Å².